The van der Waals surface area contributed by atoms with Gasteiger partial charge in [0.1, 0.15) is 5.82 Å². The van der Waals surface area contributed by atoms with Crippen molar-refractivity contribution in [1.29, 1.82) is 0 Å². The first-order valence-corrected chi connectivity index (χ1v) is 11.7. The van der Waals surface area contributed by atoms with Crippen molar-refractivity contribution in [2.75, 3.05) is 44.3 Å². The molecule has 0 unspecified atom stereocenters. The molecule has 1 aromatic carbocycles. The van der Waals surface area contributed by atoms with Gasteiger partial charge in [0.2, 0.25) is 0 Å². The number of nitrogens with zero attached hydrogens (tertiary/aromatic N) is 6. The lowest BCUT2D eigenvalue weighted by atomic mass is 10.1. The molecule has 0 bridgehead atoms. The van der Waals surface area contributed by atoms with E-state index in [1.807, 2.05) is 23.6 Å². The number of hydrogen-bond donors (Lipinski definition) is 0. The molecule has 1 saturated heterocycles. The highest BCUT2D eigenvalue weighted by atomic mass is 35.5. The fourth-order valence-corrected chi connectivity index (χ4v) is 4.59. The van der Waals surface area contributed by atoms with Crippen LogP contribution in [-0.2, 0) is 31.9 Å². The first kappa shape index (κ1) is 23.5. The lowest BCUT2D eigenvalue weighted by Gasteiger charge is -2.36. The van der Waals surface area contributed by atoms with Crippen molar-refractivity contribution in [1.82, 2.24) is 23.6 Å². The first-order valence-electron chi connectivity index (χ1n) is 11.3. The van der Waals surface area contributed by atoms with Crippen molar-refractivity contribution >= 4 is 28.5 Å². The van der Waals surface area contributed by atoms with Gasteiger partial charge in [0.25, 0.3) is 5.56 Å². The quantitative estimate of drug-likeness (QED) is 0.485. The number of hydrogen-bond acceptors (Lipinski definition) is 6. The van der Waals surface area contributed by atoms with Gasteiger partial charge in [0.15, 0.2) is 11.2 Å². The molecule has 0 radical (unpaired) electrons. The molecule has 3 aromatic rings. The number of fused-ring (bicyclic) bond motifs is 1. The third-order valence-corrected chi connectivity index (χ3v) is 6.57. The molecule has 2 aromatic heterocycles. The van der Waals surface area contributed by atoms with E-state index in [0.717, 1.165) is 41.6 Å². The number of aryl methyl sites for hydroxylation is 2. The van der Waals surface area contributed by atoms with Crippen LogP contribution in [0.3, 0.4) is 0 Å². The number of imidazole rings is 1. The fourth-order valence-electron chi connectivity index (χ4n) is 4.42. The van der Waals surface area contributed by atoms with E-state index in [9.17, 15) is 9.59 Å². The van der Waals surface area contributed by atoms with E-state index in [-0.39, 0.29) is 11.2 Å². The van der Waals surface area contributed by atoms with Crippen LogP contribution >= 0.6 is 11.6 Å². The Labute approximate surface area is 197 Å². The van der Waals surface area contributed by atoms with Gasteiger partial charge in [-0.15, -0.1) is 0 Å². The van der Waals surface area contributed by atoms with Gasteiger partial charge in [-0.2, -0.15) is 0 Å². The van der Waals surface area contributed by atoms with Crippen molar-refractivity contribution in [3.05, 3.63) is 55.4 Å². The van der Waals surface area contributed by atoms with E-state index in [0.29, 0.717) is 37.5 Å². The molecule has 0 atom stereocenters. The number of rotatable bonds is 7. The maximum Gasteiger partial charge on any atom is 0.332 e. The van der Waals surface area contributed by atoms with Gasteiger partial charge in [-0.05, 0) is 31.5 Å². The van der Waals surface area contributed by atoms with Gasteiger partial charge >= 0.3 is 5.69 Å². The maximum absolute atomic E-state index is 12.9. The van der Waals surface area contributed by atoms with E-state index in [4.69, 9.17) is 21.3 Å². The summed E-state index contributed by atoms with van der Waals surface area (Å²) >= 11 is 6.22. The van der Waals surface area contributed by atoms with Crippen LogP contribution in [-0.4, -0.2) is 63.0 Å². The Morgan fingerprint density at radius 1 is 1.09 bits per heavy atom. The lowest BCUT2D eigenvalue weighted by molar-refractivity contribution is 0.138. The normalized spacial score (nSPS) is 15.0. The molecule has 9 nitrogen and oxygen atoms in total. The molecule has 4 rings (SSSR count). The summed E-state index contributed by atoms with van der Waals surface area (Å²) in [5, 5.41) is 0.744. The Morgan fingerprint density at radius 3 is 2.52 bits per heavy atom. The number of benzene rings is 1. The topological polar surface area (TPSA) is 77.5 Å². The van der Waals surface area contributed by atoms with E-state index >= 15 is 0 Å². The van der Waals surface area contributed by atoms with Crippen LogP contribution < -0.4 is 16.1 Å². The second-order valence-corrected chi connectivity index (χ2v) is 8.89. The van der Waals surface area contributed by atoms with Gasteiger partial charge in [0.05, 0.1) is 13.2 Å². The summed E-state index contributed by atoms with van der Waals surface area (Å²) in [6.07, 6.45) is 0. The number of anilines is 1. The van der Waals surface area contributed by atoms with Crippen LogP contribution in [0.5, 0.6) is 0 Å². The molecule has 0 saturated carbocycles. The van der Waals surface area contributed by atoms with Gasteiger partial charge in [-0.25, -0.2) is 9.78 Å². The molecule has 1 aliphatic rings. The van der Waals surface area contributed by atoms with E-state index < -0.39 is 0 Å². The second-order valence-electron chi connectivity index (χ2n) is 8.45. The summed E-state index contributed by atoms with van der Waals surface area (Å²) in [5.74, 6) is 0.774. The van der Waals surface area contributed by atoms with Gasteiger partial charge in [-0.1, -0.05) is 17.7 Å². The minimum atomic E-state index is -0.376. The van der Waals surface area contributed by atoms with E-state index in [2.05, 4.69) is 22.8 Å². The molecule has 33 heavy (non-hydrogen) atoms. The fraction of sp³-hybridized carbons (Fsp3) is 0.522. The zero-order valence-electron chi connectivity index (χ0n) is 19.7. The Morgan fingerprint density at radius 2 is 1.82 bits per heavy atom. The predicted molar refractivity (Wildman–Crippen MR) is 130 cm³/mol. The Bertz CT molecular complexity index is 1270. The van der Waals surface area contributed by atoms with Crippen molar-refractivity contribution in [3.63, 3.8) is 0 Å². The molecule has 1 fully saturated rings. The maximum atomic E-state index is 12.9. The smallest absolute Gasteiger partial charge is 0.332 e. The van der Waals surface area contributed by atoms with Crippen molar-refractivity contribution in [3.8, 4) is 0 Å². The van der Waals surface area contributed by atoms with Crippen LogP contribution in [0.2, 0.25) is 5.02 Å². The SMILES string of the molecule is CCOCCn1c(CN2CCN(c3cc(Cl)ccc3C)CC2)nc2c1c(=O)n(C)c(=O)n2C. The van der Waals surface area contributed by atoms with Crippen molar-refractivity contribution < 1.29 is 4.74 Å². The lowest BCUT2D eigenvalue weighted by Crippen LogP contribution is -2.46. The van der Waals surface area contributed by atoms with Crippen LogP contribution in [0.15, 0.2) is 27.8 Å². The Balaban J connectivity index is 1.59. The van der Waals surface area contributed by atoms with Crippen LogP contribution in [0.25, 0.3) is 11.2 Å². The summed E-state index contributed by atoms with van der Waals surface area (Å²) in [7, 11) is 3.15. The molecule has 1 aliphatic heterocycles. The highest BCUT2D eigenvalue weighted by Gasteiger charge is 2.23. The minimum Gasteiger partial charge on any atom is -0.380 e. The first-order chi connectivity index (χ1) is 15.8. The number of ether oxygens (including phenoxy) is 1. The summed E-state index contributed by atoms with van der Waals surface area (Å²) in [6.45, 7) is 9.69. The molecular weight excluding hydrogens is 444 g/mol. The van der Waals surface area contributed by atoms with Crippen LogP contribution in [0.4, 0.5) is 5.69 Å². The summed E-state index contributed by atoms with van der Waals surface area (Å²) in [4.78, 5) is 34.8. The minimum absolute atomic E-state index is 0.329. The third kappa shape index (κ3) is 4.58. The summed E-state index contributed by atoms with van der Waals surface area (Å²) in [6, 6.07) is 5.99. The van der Waals surface area contributed by atoms with Crippen LogP contribution in [0.1, 0.15) is 18.3 Å². The third-order valence-electron chi connectivity index (χ3n) is 6.34. The van der Waals surface area contributed by atoms with Crippen molar-refractivity contribution in [2.45, 2.75) is 26.9 Å². The van der Waals surface area contributed by atoms with E-state index in [1.165, 1.54) is 22.9 Å². The highest BCUT2D eigenvalue weighted by Crippen LogP contribution is 2.25. The number of aromatic nitrogens is 4. The van der Waals surface area contributed by atoms with Gasteiger partial charge in [0, 0.05) is 64.1 Å². The molecule has 0 spiro atoms. The number of piperazine rings is 1. The molecule has 178 valence electrons. The van der Waals surface area contributed by atoms with Crippen LogP contribution in [0, 0.1) is 6.92 Å². The van der Waals surface area contributed by atoms with Gasteiger partial charge < -0.3 is 14.2 Å². The monoisotopic (exact) mass is 474 g/mol. The highest BCUT2D eigenvalue weighted by molar-refractivity contribution is 6.30. The largest absolute Gasteiger partial charge is 0.380 e. The molecule has 3 heterocycles. The summed E-state index contributed by atoms with van der Waals surface area (Å²) < 4.78 is 10.0. The Hall–Kier alpha value is -2.62. The molecule has 0 amide bonds. The predicted octanol–water partition coefficient (Wildman–Crippen LogP) is 1.75. The molecular formula is C23H31ClN6O3. The molecule has 0 aliphatic carbocycles. The van der Waals surface area contributed by atoms with Crippen molar-refractivity contribution in [2.24, 2.45) is 14.1 Å². The standard InChI is InChI=1S/C23H31ClN6O3/c1-5-33-13-12-30-19(25-21-20(30)22(31)27(4)23(32)26(21)3)15-28-8-10-29(11-9-28)18-14-17(24)7-6-16(18)2/h6-7,14H,5,8-13,15H2,1-4H3. The number of halogens is 1. The average Bonchev–Trinajstić information content (AvgIpc) is 3.17. The second kappa shape index (κ2) is 9.70. The molecule has 10 heteroatoms. The van der Waals surface area contributed by atoms with E-state index in [1.54, 1.807) is 7.05 Å². The average molecular weight is 475 g/mol. The Kier molecular flexibility index (Phi) is 6.92. The zero-order chi connectivity index (χ0) is 23.7. The molecule has 0 N–H and O–H groups in total. The summed E-state index contributed by atoms with van der Waals surface area (Å²) in [5.41, 5.74) is 2.54. The van der Waals surface area contributed by atoms with Gasteiger partial charge in [-0.3, -0.25) is 18.8 Å². The zero-order valence-corrected chi connectivity index (χ0v) is 20.4.